The van der Waals surface area contributed by atoms with Crippen LogP contribution in [0.5, 0.6) is 0 Å². The van der Waals surface area contributed by atoms with E-state index in [0.29, 0.717) is 32.4 Å². The first-order valence-corrected chi connectivity index (χ1v) is 9.75. The van der Waals surface area contributed by atoms with Crippen molar-refractivity contribution in [2.45, 2.75) is 70.1 Å². The van der Waals surface area contributed by atoms with E-state index >= 15 is 0 Å². The number of hydrogen-bond donors (Lipinski definition) is 3. The molecule has 0 saturated heterocycles. The molecule has 3 rings (SSSR count). The number of carbonyl (C=O) groups is 2. The summed E-state index contributed by atoms with van der Waals surface area (Å²) in [6, 6.07) is -0.309. The molecule has 3 N–H and O–H groups in total. The number of allylic oxidation sites excluding steroid dienone is 1. The Kier molecular flexibility index (Phi) is 6.92. The summed E-state index contributed by atoms with van der Waals surface area (Å²) in [6.45, 7) is 1.01. The Morgan fingerprint density at radius 2 is 2.19 bits per heavy atom. The number of amides is 2. The van der Waals surface area contributed by atoms with Crippen LogP contribution in [0.3, 0.4) is 0 Å². The molecule has 0 radical (unpaired) electrons. The van der Waals surface area contributed by atoms with Gasteiger partial charge in [-0.05, 0) is 55.4 Å². The van der Waals surface area contributed by atoms with Gasteiger partial charge in [0, 0.05) is 18.9 Å². The third kappa shape index (κ3) is 5.85. The van der Waals surface area contributed by atoms with Gasteiger partial charge in [-0.15, -0.1) is 5.10 Å². The topological polar surface area (TPSA) is 122 Å². The van der Waals surface area contributed by atoms with Gasteiger partial charge in [0.05, 0.1) is 18.7 Å². The van der Waals surface area contributed by atoms with E-state index in [-0.39, 0.29) is 30.2 Å². The summed E-state index contributed by atoms with van der Waals surface area (Å²) in [5, 5.41) is 27.0. The van der Waals surface area contributed by atoms with Crippen molar-refractivity contribution in [3.05, 3.63) is 18.0 Å². The second-order valence-corrected chi connectivity index (χ2v) is 7.40. The van der Waals surface area contributed by atoms with Crippen molar-refractivity contribution in [1.82, 2.24) is 30.8 Å². The fourth-order valence-electron chi connectivity index (χ4n) is 3.74. The minimum Gasteiger partial charge on any atom is -0.391 e. The first-order chi connectivity index (χ1) is 13.1. The fraction of sp³-hybridized carbons (Fsp3) is 0.722. The van der Waals surface area contributed by atoms with E-state index in [1.807, 2.05) is 0 Å². The highest BCUT2D eigenvalue weighted by atomic mass is 16.3. The molecule has 2 aliphatic rings. The van der Waals surface area contributed by atoms with Gasteiger partial charge < -0.3 is 15.7 Å². The molecule has 3 atom stereocenters. The number of rotatable bonds is 7. The Labute approximate surface area is 158 Å². The maximum Gasteiger partial charge on any atom is 0.223 e. The van der Waals surface area contributed by atoms with E-state index in [1.54, 1.807) is 0 Å². The number of hydrogen-bond acceptors (Lipinski definition) is 6. The van der Waals surface area contributed by atoms with Crippen molar-refractivity contribution in [2.75, 3.05) is 6.54 Å². The number of aromatic nitrogens is 4. The Balaban J connectivity index is 1.38. The van der Waals surface area contributed by atoms with Crippen molar-refractivity contribution in [1.29, 1.82) is 0 Å². The molecule has 27 heavy (non-hydrogen) atoms. The van der Waals surface area contributed by atoms with Crippen LogP contribution in [0.25, 0.3) is 0 Å². The van der Waals surface area contributed by atoms with E-state index in [1.165, 1.54) is 29.4 Å². The van der Waals surface area contributed by atoms with Gasteiger partial charge in [-0.1, -0.05) is 11.6 Å². The second kappa shape index (κ2) is 9.59. The average Bonchev–Trinajstić information content (AvgIpc) is 3.20. The lowest BCUT2D eigenvalue weighted by atomic mass is 9.83. The quantitative estimate of drug-likeness (QED) is 0.589. The molecule has 1 aromatic heterocycles. The fourth-order valence-corrected chi connectivity index (χ4v) is 3.74. The molecule has 9 heteroatoms. The Hall–Kier alpha value is -2.29. The first kappa shape index (κ1) is 19.5. The number of nitrogens with one attached hydrogen (secondary N) is 2. The number of nitrogens with zero attached hydrogens (tertiary/aromatic N) is 4. The standard InChI is InChI=1S/C18H28N6O3/c25-16-10-14(18(27)19-11-13-4-2-1-3-5-13)6-7-15(16)21-17(26)8-9-24-12-20-22-23-24/h4,12,14-16,25H,1-3,5-11H2,(H,19,27)(H,21,26)/t14-,15-,16-/m0/s1. The number of aliphatic hydroxyl groups excluding tert-OH is 1. The molecule has 0 spiro atoms. The minimum absolute atomic E-state index is 0.00369. The number of carbonyl (C=O) groups excluding carboxylic acids is 2. The predicted molar refractivity (Wildman–Crippen MR) is 97.3 cm³/mol. The summed E-state index contributed by atoms with van der Waals surface area (Å²) in [5.41, 5.74) is 1.30. The second-order valence-electron chi connectivity index (χ2n) is 7.40. The molecule has 0 aromatic carbocycles. The zero-order valence-electron chi connectivity index (χ0n) is 15.5. The summed E-state index contributed by atoms with van der Waals surface area (Å²) in [5.74, 6) is -0.343. The lowest BCUT2D eigenvalue weighted by Gasteiger charge is -2.33. The lowest BCUT2D eigenvalue weighted by molar-refractivity contribution is -0.128. The summed E-state index contributed by atoms with van der Waals surface area (Å²) < 4.78 is 1.49. The average molecular weight is 376 g/mol. The van der Waals surface area contributed by atoms with E-state index < -0.39 is 6.10 Å². The van der Waals surface area contributed by atoms with E-state index in [0.717, 1.165) is 12.8 Å². The Bertz CT molecular complexity index is 660. The minimum atomic E-state index is -0.708. The maximum atomic E-state index is 12.4. The molecular weight excluding hydrogens is 348 g/mol. The molecule has 0 aliphatic heterocycles. The summed E-state index contributed by atoms with van der Waals surface area (Å²) in [7, 11) is 0. The van der Waals surface area contributed by atoms with Gasteiger partial charge in [-0.2, -0.15) is 0 Å². The van der Waals surface area contributed by atoms with Gasteiger partial charge in [-0.25, -0.2) is 4.68 Å². The molecule has 1 fully saturated rings. The Morgan fingerprint density at radius 3 is 2.89 bits per heavy atom. The van der Waals surface area contributed by atoms with Crippen LogP contribution in [0.1, 0.15) is 51.4 Å². The van der Waals surface area contributed by atoms with Crippen LogP contribution in [0.15, 0.2) is 18.0 Å². The van der Waals surface area contributed by atoms with E-state index in [9.17, 15) is 14.7 Å². The van der Waals surface area contributed by atoms with Crippen molar-refractivity contribution in [3.63, 3.8) is 0 Å². The molecule has 1 aromatic rings. The third-order valence-corrected chi connectivity index (χ3v) is 5.37. The largest absolute Gasteiger partial charge is 0.391 e. The molecular formula is C18H28N6O3. The lowest BCUT2D eigenvalue weighted by Crippen LogP contribution is -2.49. The van der Waals surface area contributed by atoms with Crippen LogP contribution >= 0.6 is 0 Å². The number of aryl methyl sites for hydroxylation is 1. The van der Waals surface area contributed by atoms with Gasteiger partial charge in [0.1, 0.15) is 6.33 Å². The highest BCUT2D eigenvalue weighted by molar-refractivity contribution is 5.79. The highest BCUT2D eigenvalue weighted by Crippen LogP contribution is 2.25. The SMILES string of the molecule is O=C(CCn1cnnn1)N[C@H]1CC[C@H](C(=O)NCC2=CCCCC2)C[C@@H]1O. The van der Waals surface area contributed by atoms with Gasteiger partial charge >= 0.3 is 0 Å². The number of tetrazole rings is 1. The zero-order valence-corrected chi connectivity index (χ0v) is 15.5. The number of aliphatic hydroxyl groups is 1. The molecule has 1 heterocycles. The third-order valence-electron chi connectivity index (χ3n) is 5.37. The predicted octanol–water partition coefficient (Wildman–Crippen LogP) is 0.326. The van der Waals surface area contributed by atoms with Crippen molar-refractivity contribution in [2.24, 2.45) is 5.92 Å². The Morgan fingerprint density at radius 1 is 1.30 bits per heavy atom. The first-order valence-electron chi connectivity index (χ1n) is 9.75. The highest BCUT2D eigenvalue weighted by Gasteiger charge is 2.33. The molecule has 9 nitrogen and oxygen atoms in total. The molecule has 1 saturated carbocycles. The molecule has 0 bridgehead atoms. The summed E-state index contributed by atoms with van der Waals surface area (Å²) in [4.78, 5) is 24.4. The molecule has 0 unspecified atom stereocenters. The van der Waals surface area contributed by atoms with Crippen LogP contribution in [-0.4, -0.2) is 55.8 Å². The molecule has 148 valence electrons. The molecule has 2 aliphatic carbocycles. The normalized spacial score (nSPS) is 25.5. The van der Waals surface area contributed by atoms with E-state index in [2.05, 4.69) is 32.2 Å². The van der Waals surface area contributed by atoms with Gasteiger partial charge in [0.2, 0.25) is 11.8 Å². The van der Waals surface area contributed by atoms with Crippen molar-refractivity contribution >= 4 is 11.8 Å². The molecule has 2 amide bonds. The summed E-state index contributed by atoms with van der Waals surface area (Å²) >= 11 is 0. The van der Waals surface area contributed by atoms with Gasteiger partial charge in [0.15, 0.2) is 0 Å². The van der Waals surface area contributed by atoms with Gasteiger partial charge in [-0.3, -0.25) is 9.59 Å². The van der Waals surface area contributed by atoms with Crippen LogP contribution in [0, 0.1) is 5.92 Å². The van der Waals surface area contributed by atoms with Crippen molar-refractivity contribution < 1.29 is 14.7 Å². The summed E-state index contributed by atoms with van der Waals surface area (Å²) in [6.07, 6.45) is 9.44. The van der Waals surface area contributed by atoms with Crippen LogP contribution in [-0.2, 0) is 16.1 Å². The zero-order chi connectivity index (χ0) is 19.1. The smallest absolute Gasteiger partial charge is 0.223 e. The van der Waals surface area contributed by atoms with Crippen molar-refractivity contribution in [3.8, 4) is 0 Å². The van der Waals surface area contributed by atoms with E-state index in [4.69, 9.17) is 0 Å². The maximum absolute atomic E-state index is 12.4. The van der Waals surface area contributed by atoms with Crippen LogP contribution in [0.4, 0.5) is 0 Å². The monoisotopic (exact) mass is 376 g/mol. The van der Waals surface area contributed by atoms with Gasteiger partial charge in [0.25, 0.3) is 0 Å². The van der Waals surface area contributed by atoms with Crippen LogP contribution < -0.4 is 10.6 Å². The van der Waals surface area contributed by atoms with Crippen LogP contribution in [0.2, 0.25) is 0 Å².